The standard InChI is InChI=1S/C29H30F2N6O5/c1-29(2)15-41-5-4-36(29)28(39)26-22-14-42-24-10-23(40-3)20(16(11-32)12-34-13-25(33)38)9-21(24)27(22)37(35-26)19-7-17(30)6-18(31)8-19/h6-12,32,34H,4-5,13-15H2,1-3H3,(H2,33,38)/b16-12+,32-11?. The molecule has 2 aliphatic rings. The van der Waals surface area contributed by atoms with Crippen LogP contribution in [0.3, 0.4) is 0 Å². The molecule has 0 bridgehead atoms. The van der Waals surface area contributed by atoms with Crippen LogP contribution in [-0.2, 0) is 16.1 Å². The fourth-order valence-electron chi connectivity index (χ4n) is 5.12. The van der Waals surface area contributed by atoms with E-state index in [1.54, 1.807) is 17.0 Å². The summed E-state index contributed by atoms with van der Waals surface area (Å²) in [7, 11) is 1.46. The Hall–Kier alpha value is -4.78. The van der Waals surface area contributed by atoms with E-state index in [4.69, 9.17) is 25.4 Å². The molecule has 2 aromatic carbocycles. The molecule has 2 amide bonds. The largest absolute Gasteiger partial charge is 0.496 e. The Balaban J connectivity index is 1.73. The Morgan fingerprint density at radius 1 is 1.21 bits per heavy atom. The zero-order chi connectivity index (χ0) is 30.2. The normalized spacial score (nSPS) is 15.7. The van der Waals surface area contributed by atoms with E-state index in [1.165, 1.54) is 18.0 Å². The number of primary amides is 1. The predicted octanol–water partition coefficient (Wildman–Crippen LogP) is 3.03. The van der Waals surface area contributed by atoms with Crippen LogP contribution in [0.2, 0.25) is 0 Å². The number of carbonyl (C=O) groups excluding carboxylic acids is 2. The highest BCUT2D eigenvalue weighted by Crippen LogP contribution is 2.45. The number of nitrogens with one attached hydrogen (secondary N) is 2. The summed E-state index contributed by atoms with van der Waals surface area (Å²) in [5, 5.41) is 15.3. The minimum atomic E-state index is -0.811. The predicted molar refractivity (Wildman–Crippen MR) is 150 cm³/mol. The van der Waals surface area contributed by atoms with E-state index in [0.717, 1.165) is 24.4 Å². The summed E-state index contributed by atoms with van der Waals surface area (Å²) in [4.78, 5) is 26.9. The van der Waals surface area contributed by atoms with Gasteiger partial charge in [-0.25, -0.2) is 13.5 Å². The molecule has 3 aromatic rings. The first kappa shape index (κ1) is 28.7. The van der Waals surface area contributed by atoms with Crippen LogP contribution in [0.5, 0.6) is 11.5 Å². The molecule has 1 saturated heterocycles. The first-order valence-electron chi connectivity index (χ1n) is 13.1. The zero-order valence-electron chi connectivity index (χ0n) is 23.3. The highest BCUT2D eigenvalue weighted by Gasteiger charge is 2.39. The highest BCUT2D eigenvalue weighted by atomic mass is 19.1. The number of nitrogens with zero attached hydrogens (tertiary/aromatic N) is 3. The molecule has 1 fully saturated rings. The summed E-state index contributed by atoms with van der Waals surface area (Å²) in [5.41, 5.74) is 6.82. The number of morpholine rings is 1. The molecule has 3 heterocycles. The van der Waals surface area contributed by atoms with Crippen molar-refractivity contribution in [2.24, 2.45) is 5.73 Å². The molecule has 0 atom stereocenters. The maximum absolute atomic E-state index is 14.4. The molecule has 0 radical (unpaired) electrons. The van der Waals surface area contributed by atoms with Gasteiger partial charge in [-0.15, -0.1) is 0 Å². The van der Waals surface area contributed by atoms with Gasteiger partial charge >= 0.3 is 0 Å². The Labute approximate surface area is 240 Å². The summed E-state index contributed by atoms with van der Waals surface area (Å²) in [5.74, 6) is -1.84. The number of hydrogen-bond donors (Lipinski definition) is 3. The van der Waals surface area contributed by atoms with Crippen LogP contribution in [0.4, 0.5) is 8.78 Å². The number of allylic oxidation sites excluding steroid dienone is 1. The van der Waals surface area contributed by atoms with Gasteiger partial charge in [0.1, 0.15) is 29.7 Å². The third kappa shape index (κ3) is 5.30. The van der Waals surface area contributed by atoms with Crippen molar-refractivity contribution >= 4 is 23.6 Å². The van der Waals surface area contributed by atoms with Crippen LogP contribution in [0.25, 0.3) is 22.5 Å². The van der Waals surface area contributed by atoms with Gasteiger partial charge in [0, 0.05) is 53.4 Å². The first-order chi connectivity index (χ1) is 20.0. The zero-order valence-corrected chi connectivity index (χ0v) is 23.3. The van der Waals surface area contributed by atoms with Crippen molar-refractivity contribution in [2.75, 3.05) is 33.4 Å². The summed E-state index contributed by atoms with van der Waals surface area (Å²) in [6.45, 7) is 4.61. The summed E-state index contributed by atoms with van der Waals surface area (Å²) < 4.78 is 47.4. The maximum Gasteiger partial charge on any atom is 0.275 e. The number of halogens is 2. The van der Waals surface area contributed by atoms with Gasteiger partial charge in [0.15, 0.2) is 5.69 Å². The average molecular weight is 581 g/mol. The molecule has 11 nitrogen and oxygen atoms in total. The number of carbonyl (C=O) groups is 2. The second kappa shape index (κ2) is 11.2. The van der Waals surface area contributed by atoms with Gasteiger partial charge in [-0.05, 0) is 32.0 Å². The first-order valence-corrected chi connectivity index (χ1v) is 13.1. The van der Waals surface area contributed by atoms with E-state index in [2.05, 4.69) is 10.4 Å². The maximum atomic E-state index is 14.4. The Kier molecular flexibility index (Phi) is 7.69. The van der Waals surface area contributed by atoms with Crippen LogP contribution in [0.1, 0.15) is 35.5 Å². The minimum Gasteiger partial charge on any atom is -0.496 e. The summed E-state index contributed by atoms with van der Waals surface area (Å²) in [6, 6.07) is 6.30. The highest BCUT2D eigenvalue weighted by molar-refractivity contribution is 6.10. The Morgan fingerprint density at radius 2 is 1.95 bits per heavy atom. The lowest BCUT2D eigenvalue weighted by Gasteiger charge is -2.41. The molecule has 2 aliphatic heterocycles. The van der Waals surface area contributed by atoms with Gasteiger partial charge in [0.25, 0.3) is 5.91 Å². The molecule has 13 heteroatoms. The number of amides is 2. The molecule has 42 heavy (non-hydrogen) atoms. The molecule has 4 N–H and O–H groups in total. The number of hydrogen-bond acceptors (Lipinski definition) is 8. The van der Waals surface area contributed by atoms with Crippen molar-refractivity contribution in [2.45, 2.75) is 26.0 Å². The van der Waals surface area contributed by atoms with Gasteiger partial charge in [-0.1, -0.05) is 0 Å². The fourth-order valence-corrected chi connectivity index (χ4v) is 5.12. The van der Waals surface area contributed by atoms with E-state index in [0.29, 0.717) is 59.2 Å². The van der Waals surface area contributed by atoms with Gasteiger partial charge in [-0.3, -0.25) is 9.59 Å². The van der Waals surface area contributed by atoms with Crippen molar-refractivity contribution in [3.8, 4) is 28.4 Å². The van der Waals surface area contributed by atoms with Crippen molar-refractivity contribution < 1.29 is 32.6 Å². The van der Waals surface area contributed by atoms with Gasteiger partial charge < -0.3 is 35.6 Å². The number of rotatable bonds is 8. The van der Waals surface area contributed by atoms with Crippen LogP contribution in [0.15, 0.2) is 36.5 Å². The van der Waals surface area contributed by atoms with Crippen LogP contribution in [0, 0.1) is 17.0 Å². The van der Waals surface area contributed by atoms with Crippen LogP contribution >= 0.6 is 0 Å². The second-order valence-corrected chi connectivity index (χ2v) is 10.5. The molecule has 0 saturated carbocycles. The van der Waals surface area contributed by atoms with Crippen LogP contribution in [-0.4, -0.2) is 71.7 Å². The Bertz CT molecular complexity index is 1600. The van der Waals surface area contributed by atoms with E-state index < -0.39 is 23.1 Å². The Morgan fingerprint density at radius 3 is 2.60 bits per heavy atom. The lowest BCUT2D eigenvalue weighted by molar-refractivity contribution is -0.117. The molecular weight excluding hydrogens is 550 g/mol. The number of methoxy groups -OCH3 is 1. The second-order valence-electron chi connectivity index (χ2n) is 10.5. The molecule has 1 aromatic heterocycles. The summed E-state index contributed by atoms with van der Waals surface area (Å²) >= 11 is 0. The molecule has 0 aliphatic carbocycles. The number of ether oxygens (including phenoxy) is 3. The number of aromatic nitrogens is 2. The van der Waals surface area contributed by atoms with E-state index in [9.17, 15) is 18.4 Å². The lowest BCUT2D eigenvalue weighted by Crippen LogP contribution is -2.55. The smallest absolute Gasteiger partial charge is 0.275 e. The quantitative estimate of drug-likeness (QED) is 0.348. The molecule has 5 rings (SSSR count). The number of nitrogens with two attached hydrogens (primary N) is 1. The molecule has 0 unspecified atom stereocenters. The molecular formula is C29H30F2N6O5. The van der Waals surface area contributed by atoms with Gasteiger partial charge in [-0.2, -0.15) is 5.10 Å². The van der Waals surface area contributed by atoms with Gasteiger partial charge in [0.2, 0.25) is 5.91 Å². The lowest BCUT2D eigenvalue weighted by atomic mass is 9.95. The molecule has 0 spiro atoms. The van der Waals surface area contributed by atoms with E-state index in [-0.39, 0.29) is 30.4 Å². The van der Waals surface area contributed by atoms with Crippen LogP contribution < -0.4 is 20.5 Å². The topological polar surface area (TPSA) is 145 Å². The van der Waals surface area contributed by atoms with Crippen molar-refractivity contribution in [3.63, 3.8) is 0 Å². The average Bonchev–Trinajstić information content (AvgIpc) is 3.34. The SMILES string of the molecule is COc1cc2c(cc1/C(C=N)=C/NCC(N)=O)-c1c(c(C(=O)N3CCOCC3(C)C)nn1-c1cc(F)cc(F)c1)CO2. The minimum absolute atomic E-state index is 0.0398. The van der Waals surface area contributed by atoms with Gasteiger partial charge in [0.05, 0.1) is 43.8 Å². The van der Waals surface area contributed by atoms with Crippen molar-refractivity contribution in [1.82, 2.24) is 20.0 Å². The summed E-state index contributed by atoms with van der Waals surface area (Å²) in [6.07, 6.45) is 2.51. The van der Waals surface area contributed by atoms with Crippen molar-refractivity contribution in [3.05, 3.63) is 65.0 Å². The molecule has 220 valence electrons. The van der Waals surface area contributed by atoms with E-state index in [1.807, 2.05) is 13.8 Å². The fraction of sp³-hybridized carbons (Fsp3) is 0.310. The monoisotopic (exact) mass is 580 g/mol. The van der Waals surface area contributed by atoms with Crippen molar-refractivity contribution in [1.29, 1.82) is 5.41 Å². The van der Waals surface area contributed by atoms with E-state index >= 15 is 0 Å². The third-order valence-electron chi connectivity index (χ3n) is 7.10. The number of fused-ring (bicyclic) bond motifs is 3. The third-order valence-corrected chi connectivity index (χ3v) is 7.10. The number of benzene rings is 2.